The summed E-state index contributed by atoms with van der Waals surface area (Å²) in [4.78, 5) is 36.7. The number of amides is 2. The molecule has 0 aliphatic rings. The van der Waals surface area contributed by atoms with Gasteiger partial charge in [0.2, 0.25) is 0 Å². The van der Waals surface area contributed by atoms with E-state index in [4.69, 9.17) is 18.9 Å². The molecule has 0 saturated heterocycles. The zero-order valence-corrected chi connectivity index (χ0v) is 21.4. The molecule has 10 heteroatoms. The molecule has 2 N–H and O–H groups in total. The van der Waals surface area contributed by atoms with E-state index in [0.29, 0.717) is 34.9 Å². The highest BCUT2D eigenvalue weighted by Crippen LogP contribution is 2.28. The maximum absolute atomic E-state index is 12.6. The molecule has 0 saturated carbocycles. The van der Waals surface area contributed by atoms with E-state index >= 15 is 0 Å². The van der Waals surface area contributed by atoms with Gasteiger partial charge in [0.05, 0.1) is 32.6 Å². The quantitative estimate of drug-likeness (QED) is 0.0972. The van der Waals surface area contributed by atoms with Gasteiger partial charge in [-0.25, -0.2) is 10.2 Å². The largest absolute Gasteiger partial charge is 0.497 e. The van der Waals surface area contributed by atoms with Gasteiger partial charge in [0.25, 0.3) is 0 Å². The molecule has 3 aromatic rings. The van der Waals surface area contributed by atoms with Crippen molar-refractivity contribution in [2.75, 3.05) is 26.1 Å². The Morgan fingerprint density at radius 2 is 1.55 bits per heavy atom. The average molecular weight is 520 g/mol. The Morgan fingerprint density at radius 1 is 0.842 bits per heavy atom. The summed E-state index contributed by atoms with van der Waals surface area (Å²) >= 11 is 0. The van der Waals surface area contributed by atoms with E-state index in [0.717, 1.165) is 12.8 Å². The summed E-state index contributed by atoms with van der Waals surface area (Å²) in [5, 5.41) is 6.26. The lowest BCUT2D eigenvalue weighted by molar-refractivity contribution is -0.136. The number of benzene rings is 3. The molecule has 0 spiro atoms. The predicted molar refractivity (Wildman–Crippen MR) is 142 cm³/mol. The minimum atomic E-state index is -0.948. The molecule has 0 atom stereocenters. The number of nitrogens with zero attached hydrogens (tertiary/aromatic N) is 1. The minimum absolute atomic E-state index is 0.209. The van der Waals surface area contributed by atoms with Crippen molar-refractivity contribution < 1.29 is 33.3 Å². The molecule has 0 aliphatic carbocycles. The molecule has 0 fully saturated rings. The van der Waals surface area contributed by atoms with Crippen LogP contribution in [0.15, 0.2) is 71.8 Å². The highest BCUT2D eigenvalue weighted by molar-refractivity contribution is 6.39. The van der Waals surface area contributed by atoms with Crippen LogP contribution >= 0.6 is 0 Å². The highest BCUT2D eigenvalue weighted by Gasteiger charge is 2.14. The molecule has 0 aromatic heterocycles. The molecular formula is C28H29N3O7. The van der Waals surface area contributed by atoms with E-state index in [-0.39, 0.29) is 11.5 Å². The van der Waals surface area contributed by atoms with Crippen LogP contribution in [0.1, 0.15) is 35.7 Å². The number of unbranched alkanes of at least 4 members (excludes halogenated alkanes) is 1. The molecule has 0 bridgehead atoms. The third-order valence-electron chi connectivity index (χ3n) is 5.18. The maximum Gasteiger partial charge on any atom is 0.343 e. The van der Waals surface area contributed by atoms with Gasteiger partial charge in [-0.15, -0.1) is 0 Å². The first kappa shape index (κ1) is 27.7. The van der Waals surface area contributed by atoms with Gasteiger partial charge < -0.3 is 24.3 Å². The third-order valence-corrected chi connectivity index (χ3v) is 5.18. The molecule has 38 heavy (non-hydrogen) atoms. The molecular weight excluding hydrogens is 490 g/mol. The lowest BCUT2D eigenvalue weighted by Crippen LogP contribution is -2.32. The van der Waals surface area contributed by atoms with Crippen LogP contribution in [0.4, 0.5) is 5.69 Å². The molecule has 0 aliphatic heterocycles. The first-order valence-corrected chi connectivity index (χ1v) is 11.8. The van der Waals surface area contributed by atoms with E-state index < -0.39 is 17.8 Å². The summed E-state index contributed by atoms with van der Waals surface area (Å²) in [5.41, 5.74) is 3.48. The molecule has 0 radical (unpaired) electrons. The number of methoxy groups -OCH3 is 2. The van der Waals surface area contributed by atoms with E-state index in [9.17, 15) is 14.4 Å². The van der Waals surface area contributed by atoms with Crippen LogP contribution < -0.4 is 29.7 Å². The second kappa shape index (κ2) is 14.0. The molecule has 0 heterocycles. The van der Waals surface area contributed by atoms with Crippen LogP contribution in [-0.4, -0.2) is 44.8 Å². The van der Waals surface area contributed by atoms with Gasteiger partial charge in [0, 0.05) is 5.69 Å². The fraction of sp³-hybridized carbons (Fsp3) is 0.214. The summed E-state index contributed by atoms with van der Waals surface area (Å²) in [5.74, 6) is -0.591. The fourth-order valence-corrected chi connectivity index (χ4v) is 3.11. The zero-order chi connectivity index (χ0) is 27.3. The monoisotopic (exact) mass is 519 g/mol. The molecule has 3 aromatic carbocycles. The lowest BCUT2D eigenvalue weighted by atomic mass is 10.2. The summed E-state index contributed by atoms with van der Waals surface area (Å²) in [7, 11) is 2.96. The van der Waals surface area contributed by atoms with E-state index in [1.54, 1.807) is 66.7 Å². The van der Waals surface area contributed by atoms with Gasteiger partial charge in [-0.1, -0.05) is 13.3 Å². The Labute approximate surface area is 220 Å². The molecule has 198 valence electrons. The maximum atomic E-state index is 12.6. The van der Waals surface area contributed by atoms with Gasteiger partial charge in [-0.2, -0.15) is 5.10 Å². The van der Waals surface area contributed by atoms with Gasteiger partial charge in [0.15, 0.2) is 11.5 Å². The second-order valence-corrected chi connectivity index (χ2v) is 7.91. The number of rotatable bonds is 11. The number of carbonyl (C=O) groups excluding carboxylic acids is 3. The van der Waals surface area contributed by atoms with E-state index in [2.05, 4.69) is 22.8 Å². The fourth-order valence-electron chi connectivity index (χ4n) is 3.11. The molecule has 2 amide bonds. The topological polar surface area (TPSA) is 125 Å². The van der Waals surface area contributed by atoms with Crippen molar-refractivity contribution in [3.63, 3.8) is 0 Å². The number of hydrogen-bond acceptors (Lipinski definition) is 8. The first-order chi connectivity index (χ1) is 18.4. The molecule has 10 nitrogen and oxygen atoms in total. The van der Waals surface area contributed by atoms with Gasteiger partial charge in [0.1, 0.15) is 11.5 Å². The number of carbonyl (C=O) groups is 3. The molecule has 3 rings (SSSR count). The first-order valence-electron chi connectivity index (χ1n) is 11.8. The van der Waals surface area contributed by atoms with Crippen LogP contribution in [0, 0.1) is 0 Å². The van der Waals surface area contributed by atoms with Crippen LogP contribution in [0.5, 0.6) is 23.0 Å². The molecule has 0 unspecified atom stereocenters. The van der Waals surface area contributed by atoms with Crippen molar-refractivity contribution in [3.8, 4) is 23.0 Å². The Balaban J connectivity index is 1.55. The standard InChI is InChI=1S/C28H29N3O7/c1-4-5-16-37-23-11-7-20(8-12-23)28(34)38-24-15-6-19(17-25(24)36-3)18-29-31-27(33)26(32)30-21-9-13-22(35-2)14-10-21/h6-15,17-18H,4-5,16H2,1-3H3,(H,30,32)(H,31,33)/b29-18+. The Bertz CT molecular complexity index is 1270. The Hall–Kier alpha value is -4.86. The van der Waals surface area contributed by atoms with Crippen molar-refractivity contribution in [1.82, 2.24) is 5.43 Å². The van der Waals surface area contributed by atoms with Crippen LogP contribution in [0.2, 0.25) is 0 Å². The number of ether oxygens (including phenoxy) is 4. The summed E-state index contributed by atoms with van der Waals surface area (Å²) in [6, 6.07) is 17.9. The summed E-state index contributed by atoms with van der Waals surface area (Å²) in [6.45, 7) is 2.70. The number of hydrogen-bond donors (Lipinski definition) is 2. The minimum Gasteiger partial charge on any atom is -0.497 e. The second-order valence-electron chi connectivity index (χ2n) is 7.91. The van der Waals surface area contributed by atoms with Gasteiger partial charge in [-0.05, 0) is 78.7 Å². The van der Waals surface area contributed by atoms with E-state index in [1.165, 1.54) is 20.4 Å². The van der Waals surface area contributed by atoms with Crippen LogP contribution in [-0.2, 0) is 9.59 Å². The number of nitrogens with one attached hydrogen (secondary N) is 2. The number of esters is 1. The van der Waals surface area contributed by atoms with Gasteiger partial charge in [-0.3, -0.25) is 9.59 Å². The van der Waals surface area contributed by atoms with E-state index in [1.807, 2.05) is 0 Å². The predicted octanol–water partition coefficient (Wildman–Crippen LogP) is 4.19. The summed E-state index contributed by atoms with van der Waals surface area (Å²) in [6.07, 6.45) is 3.31. The van der Waals surface area contributed by atoms with Crippen LogP contribution in [0.3, 0.4) is 0 Å². The number of anilines is 1. The number of hydrazone groups is 1. The third kappa shape index (κ3) is 8.09. The normalized spacial score (nSPS) is 10.5. The van der Waals surface area contributed by atoms with Crippen molar-refractivity contribution in [2.45, 2.75) is 19.8 Å². The zero-order valence-electron chi connectivity index (χ0n) is 21.4. The van der Waals surface area contributed by atoms with Crippen molar-refractivity contribution in [1.29, 1.82) is 0 Å². The average Bonchev–Trinajstić information content (AvgIpc) is 2.94. The smallest absolute Gasteiger partial charge is 0.343 e. The van der Waals surface area contributed by atoms with Crippen molar-refractivity contribution in [3.05, 3.63) is 77.9 Å². The van der Waals surface area contributed by atoms with Crippen molar-refractivity contribution >= 4 is 29.7 Å². The highest BCUT2D eigenvalue weighted by atomic mass is 16.6. The summed E-state index contributed by atoms with van der Waals surface area (Å²) < 4.78 is 21.5. The SMILES string of the molecule is CCCCOc1ccc(C(=O)Oc2ccc(/C=N/NC(=O)C(=O)Nc3ccc(OC)cc3)cc2OC)cc1. The lowest BCUT2D eigenvalue weighted by Gasteiger charge is -2.10. The van der Waals surface area contributed by atoms with Crippen molar-refractivity contribution in [2.24, 2.45) is 5.10 Å². The Kier molecular flexibility index (Phi) is 10.2. The van der Waals surface area contributed by atoms with Crippen LogP contribution in [0.25, 0.3) is 0 Å². The van der Waals surface area contributed by atoms with Gasteiger partial charge >= 0.3 is 17.8 Å². The Morgan fingerprint density at radius 3 is 2.21 bits per heavy atom.